The number of hydrogen-bond acceptors (Lipinski definition) is 4. The molecular formula is C19H21FN4O2. The standard InChI is InChI=1S/C19H21FN4O2/c20-16-3-1-4-17(13-16)24-8-5-15(14-21)18(24)19(25)22-6-2-7-23-9-11-26-12-10-23/h1,3-5,8,13H,2,6-7,9-12H2,(H,22,25). The summed E-state index contributed by atoms with van der Waals surface area (Å²) < 4.78 is 20.4. The Morgan fingerprint density at radius 3 is 2.85 bits per heavy atom. The number of nitrogens with one attached hydrogen (secondary N) is 1. The van der Waals surface area contributed by atoms with Crippen molar-refractivity contribution >= 4 is 5.91 Å². The van der Waals surface area contributed by atoms with Gasteiger partial charge in [0.05, 0.1) is 18.8 Å². The summed E-state index contributed by atoms with van der Waals surface area (Å²) in [6, 6.07) is 9.52. The highest BCUT2D eigenvalue weighted by molar-refractivity contribution is 5.95. The van der Waals surface area contributed by atoms with Crippen molar-refractivity contribution in [1.29, 1.82) is 5.26 Å². The molecule has 0 unspecified atom stereocenters. The number of hydrogen-bond donors (Lipinski definition) is 1. The lowest BCUT2D eigenvalue weighted by molar-refractivity contribution is 0.0374. The van der Waals surface area contributed by atoms with Crippen LogP contribution in [0.3, 0.4) is 0 Å². The number of ether oxygens (including phenoxy) is 1. The first-order chi connectivity index (χ1) is 12.7. The number of benzene rings is 1. The third-order valence-corrected chi connectivity index (χ3v) is 4.35. The summed E-state index contributed by atoms with van der Waals surface area (Å²) in [5.74, 6) is -0.732. The van der Waals surface area contributed by atoms with Gasteiger partial charge < -0.3 is 14.6 Å². The molecule has 6 nitrogen and oxygen atoms in total. The van der Waals surface area contributed by atoms with Gasteiger partial charge in [0.1, 0.15) is 17.6 Å². The third kappa shape index (κ3) is 4.28. The van der Waals surface area contributed by atoms with Gasteiger partial charge in [-0.05, 0) is 37.2 Å². The first-order valence-electron chi connectivity index (χ1n) is 8.65. The Kier molecular flexibility index (Phi) is 6.00. The highest BCUT2D eigenvalue weighted by atomic mass is 19.1. The Balaban J connectivity index is 1.65. The van der Waals surface area contributed by atoms with Crippen LogP contribution in [0.5, 0.6) is 0 Å². The largest absolute Gasteiger partial charge is 0.379 e. The normalized spacial score (nSPS) is 14.8. The van der Waals surface area contributed by atoms with Gasteiger partial charge in [-0.1, -0.05) is 6.07 Å². The molecule has 0 saturated carbocycles. The number of carbonyl (C=O) groups is 1. The summed E-state index contributed by atoms with van der Waals surface area (Å²) in [7, 11) is 0. The van der Waals surface area contributed by atoms with Gasteiger partial charge in [0.2, 0.25) is 0 Å². The molecule has 0 radical (unpaired) electrons. The number of rotatable bonds is 6. The predicted molar refractivity (Wildman–Crippen MR) is 94.7 cm³/mol. The average molecular weight is 356 g/mol. The fraction of sp³-hybridized carbons (Fsp3) is 0.368. The predicted octanol–water partition coefficient (Wildman–Crippen LogP) is 1.94. The molecule has 3 rings (SSSR count). The van der Waals surface area contributed by atoms with E-state index in [4.69, 9.17) is 4.74 Å². The molecule has 136 valence electrons. The van der Waals surface area contributed by atoms with Gasteiger partial charge in [-0.3, -0.25) is 9.69 Å². The van der Waals surface area contributed by atoms with Crippen LogP contribution in [0.2, 0.25) is 0 Å². The smallest absolute Gasteiger partial charge is 0.269 e. The molecule has 1 fully saturated rings. The molecule has 0 spiro atoms. The molecule has 2 heterocycles. The molecule has 0 aliphatic carbocycles. The van der Waals surface area contributed by atoms with E-state index in [0.29, 0.717) is 12.2 Å². The lowest BCUT2D eigenvalue weighted by atomic mass is 10.2. The molecule has 7 heteroatoms. The highest BCUT2D eigenvalue weighted by Gasteiger charge is 2.18. The Labute approximate surface area is 151 Å². The van der Waals surface area contributed by atoms with Gasteiger partial charge in [-0.15, -0.1) is 0 Å². The van der Waals surface area contributed by atoms with E-state index in [1.54, 1.807) is 29.0 Å². The number of amides is 1. The first kappa shape index (κ1) is 18.1. The summed E-state index contributed by atoms with van der Waals surface area (Å²) in [4.78, 5) is 14.9. The van der Waals surface area contributed by atoms with Crippen LogP contribution in [-0.4, -0.2) is 54.8 Å². The SMILES string of the molecule is N#Cc1ccn(-c2cccc(F)c2)c1C(=O)NCCCN1CCOCC1. The van der Waals surface area contributed by atoms with Crippen molar-refractivity contribution < 1.29 is 13.9 Å². The molecule has 1 saturated heterocycles. The summed E-state index contributed by atoms with van der Waals surface area (Å²) in [5.41, 5.74) is 0.995. The lowest BCUT2D eigenvalue weighted by Crippen LogP contribution is -2.38. The van der Waals surface area contributed by atoms with Crippen molar-refractivity contribution in [2.45, 2.75) is 6.42 Å². The zero-order valence-corrected chi connectivity index (χ0v) is 14.4. The minimum absolute atomic E-state index is 0.226. The van der Waals surface area contributed by atoms with Gasteiger partial charge in [0.15, 0.2) is 0 Å². The van der Waals surface area contributed by atoms with Crippen molar-refractivity contribution in [3.63, 3.8) is 0 Å². The molecule has 26 heavy (non-hydrogen) atoms. The number of nitriles is 1. The van der Waals surface area contributed by atoms with E-state index in [2.05, 4.69) is 10.2 Å². The zero-order valence-electron chi connectivity index (χ0n) is 14.4. The lowest BCUT2D eigenvalue weighted by Gasteiger charge is -2.26. The Hall–Kier alpha value is -2.69. The maximum absolute atomic E-state index is 13.5. The second-order valence-electron chi connectivity index (χ2n) is 6.10. The minimum atomic E-state index is -0.397. The number of carbonyl (C=O) groups excluding carboxylic acids is 1. The molecule has 1 aliphatic rings. The van der Waals surface area contributed by atoms with E-state index in [-0.39, 0.29) is 17.2 Å². The molecule has 0 bridgehead atoms. The van der Waals surface area contributed by atoms with E-state index in [9.17, 15) is 14.4 Å². The zero-order chi connectivity index (χ0) is 18.4. The average Bonchev–Trinajstić information content (AvgIpc) is 3.10. The highest BCUT2D eigenvalue weighted by Crippen LogP contribution is 2.18. The molecule has 0 atom stereocenters. The van der Waals surface area contributed by atoms with Gasteiger partial charge in [-0.2, -0.15) is 5.26 Å². The minimum Gasteiger partial charge on any atom is -0.379 e. The van der Waals surface area contributed by atoms with E-state index < -0.39 is 5.82 Å². The van der Waals surface area contributed by atoms with E-state index in [1.807, 2.05) is 6.07 Å². The molecule has 1 N–H and O–H groups in total. The van der Waals surface area contributed by atoms with Crippen LogP contribution in [-0.2, 0) is 4.74 Å². The van der Waals surface area contributed by atoms with Crippen molar-refractivity contribution in [3.05, 3.63) is 53.6 Å². The fourth-order valence-corrected chi connectivity index (χ4v) is 3.01. The molecule has 1 aromatic carbocycles. The quantitative estimate of drug-likeness (QED) is 0.803. The Morgan fingerprint density at radius 1 is 1.31 bits per heavy atom. The molecule has 2 aromatic rings. The van der Waals surface area contributed by atoms with Gasteiger partial charge >= 0.3 is 0 Å². The maximum Gasteiger partial charge on any atom is 0.269 e. The summed E-state index contributed by atoms with van der Waals surface area (Å²) in [6.07, 6.45) is 2.42. The molecule has 1 amide bonds. The maximum atomic E-state index is 13.5. The summed E-state index contributed by atoms with van der Waals surface area (Å²) in [6.45, 7) is 4.72. The number of morpholine rings is 1. The molecule has 1 aromatic heterocycles. The van der Waals surface area contributed by atoms with Crippen molar-refractivity contribution in [2.75, 3.05) is 39.4 Å². The van der Waals surface area contributed by atoms with Crippen molar-refractivity contribution in [2.24, 2.45) is 0 Å². The van der Waals surface area contributed by atoms with Crippen LogP contribution in [0.1, 0.15) is 22.5 Å². The topological polar surface area (TPSA) is 70.3 Å². The van der Waals surface area contributed by atoms with Crippen LogP contribution >= 0.6 is 0 Å². The first-order valence-corrected chi connectivity index (χ1v) is 8.65. The van der Waals surface area contributed by atoms with Crippen LogP contribution < -0.4 is 5.32 Å². The molecule has 1 aliphatic heterocycles. The fourth-order valence-electron chi connectivity index (χ4n) is 3.01. The third-order valence-electron chi connectivity index (χ3n) is 4.35. The summed E-state index contributed by atoms with van der Waals surface area (Å²) in [5, 5.41) is 12.1. The second kappa shape index (κ2) is 8.61. The Bertz CT molecular complexity index is 806. The van der Waals surface area contributed by atoms with Gasteiger partial charge in [-0.25, -0.2) is 4.39 Å². The van der Waals surface area contributed by atoms with Gasteiger partial charge in [0.25, 0.3) is 5.91 Å². The van der Waals surface area contributed by atoms with E-state index >= 15 is 0 Å². The second-order valence-corrected chi connectivity index (χ2v) is 6.10. The van der Waals surface area contributed by atoms with E-state index in [1.165, 1.54) is 12.1 Å². The van der Waals surface area contributed by atoms with Crippen LogP contribution in [0, 0.1) is 17.1 Å². The van der Waals surface area contributed by atoms with Crippen LogP contribution in [0.4, 0.5) is 4.39 Å². The van der Waals surface area contributed by atoms with Crippen molar-refractivity contribution in [1.82, 2.24) is 14.8 Å². The number of nitrogens with zero attached hydrogens (tertiary/aromatic N) is 3. The Morgan fingerprint density at radius 2 is 2.12 bits per heavy atom. The molecular weight excluding hydrogens is 335 g/mol. The summed E-state index contributed by atoms with van der Waals surface area (Å²) >= 11 is 0. The monoisotopic (exact) mass is 356 g/mol. The van der Waals surface area contributed by atoms with E-state index in [0.717, 1.165) is 39.3 Å². The van der Waals surface area contributed by atoms with Crippen LogP contribution in [0.25, 0.3) is 5.69 Å². The number of halogens is 1. The van der Waals surface area contributed by atoms with Crippen molar-refractivity contribution in [3.8, 4) is 11.8 Å². The van der Waals surface area contributed by atoms with Gasteiger partial charge in [0, 0.05) is 31.5 Å². The van der Waals surface area contributed by atoms with Crippen LogP contribution in [0.15, 0.2) is 36.5 Å². The number of aromatic nitrogens is 1.